The van der Waals surface area contributed by atoms with E-state index in [1.54, 1.807) is 24.3 Å². The monoisotopic (exact) mass is 331 g/mol. The molecule has 0 saturated carbocycles. The summed E-state index contributed by atoms with van der Waals surface area (Å²) in [6, 6.07) is 10.7. The van der Waals surface area contributed by atoms with Crippen LogP contribution in [0.25, 0.3) is 0 Å². The van der Waals surface area contributed by atoms with Gasteiger partial charge in [0.25, 0.3) is 5.91 Å². The maximum Gasteiger partial charge on any atom is 0.338 e. The predicted molar refractivity (Wildman–Crippen MR) is 91.0 cm³/mol. The molecular weight excluding hydrogens is 314 g/mol. The zero-order chi connectivity index (χ0) is 17.0. The zero-order valence-electron chi connectivity index (χ0n) is 13.3. The number of rotatable bonds is 4. The molecule has 1 N–H and O–H groups in total. The number of hydrogen-bond acceptors (Lipinski definition) is 3. The molecule has 0 aromatic heterocycles. The molecule has 0 atom stereocenters. The molecular formula is C18H18ClNO3. The van der Waals surface area contributed by atoms with Gasteiger partial charge in [-0.05, 0) is 56.2 Å². The average molecular weight is 332 g/mol. The maximum absolute atomic E-state index is 12.1. The number of ether oxygens (including phenoxy) is 1. The van der Waals surface area contributed by atoms with Crippen molar-refractivity contribution in [1.29, 1.82) is 0 Å². The fourth-order valence-electron chi connectivity index (χ4n) is 2.12. The molecule has 0 aliphatic heterocycles. The topological polar surface area (TPSA) is 55.4 Å². The molecule has 2 aromatic rings. The van der Waals surface area contributed by atoms with Crippen molar-refractivity contribution in [1.82, 2.24) is 0 Å². The second-order valence-corrected chi connectivity index (χ2v) is 5.84. The second-order valence-electron chi connectivity index (χ2n) is 5.40. The summed E-state index contributed by atoms with van der Waals surface area (Å²) in [6.45, 7) is 5.22. The highest BCUT2D eigenvalue weighted by Gasteiger charge is 2.13. The average Bonchev–Trinajstić information content (AvgIpc) is 2.50. The third-order valence-corrected chi connectivity index (χ3v) is 3.64. The zero-order valence-corrected chi connectivity index (χ0v) is 14.0. The summed E-state index contributed by atoms with van der Waals surface area (Å²) in [5.41, 5.74) is 3.73. The Kier molecular flexibility index (Phi) is 5.40. The second kappa shape index (κ2) is 7.29. The third kappa shape index (κ3) is 4.57. The fraction of sp³-hybridized carbons (Fsp3) is 0.222. The van der Waals surface area contributed by atoms with Crippen LogP contribution in [0, 0.1) is 20.8 Å². The van der Waals surface area contributed by atoms with Gasteiger partial charge < -0.3 is 10.1 Å². The van der Waals surface area contributed by atoms with Gasteiger partial charge in [0, 0.05) is 10.7 Å². The molecule has 0 bridgehead atoms. The summed E-state index contributed by atoms with van der Waals surface area (Å²) in [5.74, 6) is -0.900. The van der Waals surface area contributed by atoms with Crippen molar-refractivity contribution in [2.45, 2.75) is 20.8 Å². The number of carbonyl (C=O) groups excluding carboxylic acids is 2. The number of nitrogens with one attached hydrogen (secondary N) is 1. The number of anilines is 1. The normalized spacial score (nSPS) is 10.3. The van der Waals surface area contributed by atoms with Crippen molar-refractivity contribution in [2.75, 3.05) is 11.9 Å². The van der Waals surface area contributed by atoms with Crippen LogP contribution in [0.15, 0.2) is 36.4 Å². The van der Waals surface area contributed by atoms with Crippen molar-refractivity contribution < 1.29 is 14.3 Å². The summed E-state index contributed by atoms with van der Waals surface area (Å²) >= 11 is 5.87. The van der Waals surface area contributed by atoms with Crippen LogP contribution in [0.5, 0.6) is 0 Å². The van der Waals surface area contributed by atoms with Gasteiger partial charge >= 0.3 is 5.97 Å². The van der Waals surface area contributed by atoms with E-state index in [0.717, 1.165) is 16.7 Å². The Labute approximate surface area is 140 Å². The maximum atomic E-state index is 12.1. The SMILES string of the molecule is Cc1ccc(C)c(C(=O)OCC(=O)Nc2ccc(Cl)cc2C)c1. The molecule has 0 saturated heterocycles. The largest absolute Gasteiger partial charge is 0.452 e. The first kappa shape index (κ1) is 17.0. The minimum absolute atomic E-state index is 0.339. The third-order valence-electron chi connectivity index (χ3n) is 3.41. The van der Waals surface area contributed by atoms with Gasteiger partial charge in [0.2, 0.25) is 0 Å². The Balaban J connectivity index is 1.96. The van der Waals surface area contributed by atoms with E-state index in [4.69, 9.17) is 16.3 Å². The number of benzene rings is 2. The van der Waals surface area contributed by atoms with Crippen molar-refractivity contribution in [3.05, 3.63) is 63.7 Å². The van der Waals surface area contributed by atoms with Gasteiger partial charge in [-0.1, -0.05) is 29.3 Å². The molecule has 0 heterocycles. The van der Waals surface area contributed by atoms with E-state index in [2.05, 4.69) is 5.32 Å². The van der Waals surface area contributed by atoms with Crippen molar-refractivity contribution in [2.24, 2.45) is 0 Å². The van der Waals surface area contributed by atoms with Crippen LogP contribution in [0.3, 0.4) is 0 Å². The molecule has 0 spiro atoms. The molecule has 2 aromatic carbocycles. The molecule has 0 aliphatic rings. The van der Waals surface area contributed by atoms with Crippen molar-refractivity contribution in [3.8, 4) is 0 Å². The van der Waals surface area contributed by atoms with Crippen LogP contribution in [0.1, 0.15) is 27.0 Å². The van der Waals surface area contributed by atoms with Gasteiger partial charge in [-0.3, -0.25) is 4.79 Å². The van der Waals surface area contributed by atoms with E-state index in [-0.39, 0.29) is 6.61 Å². The number of esters is 1. The minimum Gasteiger partial charge on any atom is -0.452 e. The molecule has 2 rings (SSSR count). The summed E-state index contributed by atoms with van der Waals surface area (Å²) in [7, 11) is 0. The molecule has 4 nitrogen and oxygen atoms in total. The van der Waals surface area contributed by atoms with Gasteiger partial charge in [0.15, 0.2) is 6.61 Å². The summed E-state index contributed by atoms with van der Waals surface area (Å²) in [5, 5.41) is 3.29. The number of carbonyl (C=O) groups is 2. The van der Waals surface area contributed by atoms with E-state index in [9.17, 15) is 9.59 Å². The Morgan fingerprint density at radius 3 is 2.48 bits per heavy atom. The lowest BCUT2D eigenvalue weighted by atomic mass is 10.1. The first-order chi connectivity index (χ1) is 10.9. The lowest BCUT2D eigenvalue weighted by Crippen LogP contribution is -2.21. The molecule has 0 aliphatic carbocycles. The quantitative estimate of drug-likeness (QED) is 0.859. The van der Waals surface area contributed by atoms with Gasteiger partial charge in [-0.2, -0.15) is 0 Å². The summed E-state index contributed by atoms with van der Waals surface area (Å²) < 4.78 is 5.08. The number of aryl methyl sites for hydroxylation is 3. The molecule has 1 amide bonds. The number of amides is 1. The standard InChI is InChI=1S/C18H18ClNO3/c1-11-4-5-12(2)15(8-11)18(22)23-10-17(21)20-16-7-6-14(19)9-13(16)3/h4-9H,10H2,1-3H3,(H,20,21). The van der Waals surface area contributed by atoms with E-state index in [1.807, 2.05) is 32.9 Å². The highest BCUT2D eigenvalue weighted by Crippen LogP contribution is 2.19. The molecule has 0 radical (unpaired) electrons. The van der Waals surface area contributed by atoms with Gasteiger partial charge in [0.1, 0.15) is 0 Å². The first-order valence-corrected chi connectivity index (χ1v) is 7.55. The fourth-order valence-corrected chi connectivity index (χ4v) is 2.34. The molecule has 23 heavy (non-hydrogen) atoms. The number of hydrogen-bond donors (Lipinski definition) is 1. The molecule has 0 unspecified atom stereocenters. The smallest absolute Gasteiger partial charge is 0.338 e. The van der Waals surface area contributed by atoms with Gasteiger partial charge in [-0.15, -0.1) is 0 Å². The van der Waals surface area contributed by atoms with Gasteiger partial charge in [0.05, 0.1) is 5.56 Å². The highest BCUT2D eigenvalue weighted by molar-refractivity contribution is 6.30. The Morgan fingerprint density at radius 1 is 1.04 bits per heavy atom. The molecule has 120 valence electrons. The lowest BCUT2D eigenvalue weighted by Gasteiger charge is -2.10. The highest BCUT2D eigenvalue weighted by atomic mass is 35.5. The van der Waals surface area contributed by atoms with Crippen LogP contribution in [0.2, 0.25) is 5.02 Å². The van der Waals surface area contributed by atoms with Crippen LogP contribution >= 0.6 is 11.6 Å². The van der Waals surface area contributed by atoms with Crippen molar-refractivity contribution in [3.63, 3.8) is 0 Å². The van der Waals surface area contributed by atoms with E-state index < -0.39 is 11.9 Å². The molecule has 0 fully saturated rings. The van der Waals surface area contributed by atoms with E-state index >= 15 is 0 Å². The van der Waals surface area contributed by atoms with Crippen LogP contribution in [0.4, 0.5) is 5.69 Å². The van der Waals surface area contributed by atoms with Crippen LogP contribution in [-0.4, -0.2) is 18.5 Å². The molecule has 5 heteroatoms. The minimum atomic E-state index is -0.505. The van der Waals surface area contributed by atoms with Crippen LogP contribution < -0.4 is 5.32 Å². The van der Waals surface area contributed by atoms with Crippen LogP contribution in [-0.2, 0) is 9.53 Å². The summed E-state index contributed by atoms with van der Waals surface area (Å²) in [6.07, 6.45) is 0. The lowest BCUT2D eigenvalue weighted by molar-refractivity contribution is -0.119. The Hall–Kier alpha value is -2.33. The Morgan fingerprint density at radius 2 is 1.78 bits per heavy atom. The Bertz CT molecular complexity index is 756. The summed E-state index contributed by atoms with van der Waals surface area (Å²) in [4.78, 5) is 24.0. The first-order valence-electron chi connectivity index (χ1n) is 7.17. The predicted octanol–water partition coefficient (Wildman–Crippen LogP) is 4.06. The van der Waals surface area contributed by atoms with E-state index in [0.29, 0.717) is 16.3 Å². The number of halogens is 1. The van der Waals surface area contributed by atoms with E-state index in [1.165, 1.54) is 0 Å². The van der Waals surface area contributed by atoms with Crippen molar-refractivity contribution >= 4 is 29.2 Å². The van der Waals surface area contributed by atoms with Gasteiger partial charge in [-0.25, -0.2) is 4.79 Å².